The number of thiazole rings is 1. The van der Waals surface area contributed by atoms with E-state index in [2.05, 4.69) is 14.6 Å². The second-order valence-electron chi connectivity index (χ2n) is 6.23. The highest BCUT2D eigenvalue weighted by molar-refractivity contribution is 7.89. The standard InChI is InChI=1S/C17H23N3O2S2/c1-13-5-6-16(14(2)11-13)24(21,22)18-8-7-15-12-23-17(19-15)20-9-3-4-10-20/h5-6,11-12,18H,3-4,7-10H2,1-2H3. The molecule has 2 heterocycles. The number of nitrogens with zero attached hydrogens (tertiary/aromatic N) is 2. The van der Waals surface area contributed by atoms with Crippen LogP contribution in [-0.4, -0.2) is 33.0 Å². The lowest BCUT2D eigenvalue weighted by molar-refractivity contribution is 0.580. The molecule has 0 radical (unpaired) electrons. The molecule has 3 rings (SSSR count). The van der Waals surface area contributed by atoms with Crippen molar-refractivity contribution in [3.05, 3.63) is 40.4 Å². The van der Waals surface area contributed by atoms with E-state index in [0.29, 0.717) is 17.9 Å². The molecule has 1 aliphatic heterocycles. The smallest absolute Gasteiger partial charge is 0.240 e. The number of hydrogen-bond donors (Lipinski definition) is 1. The minimum atomic E-state index is -3.47. The molecule has 1 aromatic carbocycles. The Balaban J connectivity index is 1.59. The van der Waals surface area contributed by atoms with Crippen molar-refractivity contribution in [1.29, 1.82) is 0 Å². The van der Waals surface area contributed by atoms with Crippen LogP contribution < -0.4 is 9.62 Å². The van der Waals surface area contributed by atoms with E-state index < -0.39 is 10.0 Å². The van der Waals surface area contributed by atoms with Gasteiger partial charge in [-0.3, -0.25) is 0 Å². The molecule has 7 heteroatoms. The van der Waals surface area contributed by atoms with Gasteiger partial charge in [-0.25, -0.2) is 18.1 Å². The van der Waals surface area contributed by atoms with E-state index in [1.54, 1.807) is 17.4 Å². The van der Waals surface area contributed by atoms with Gasteiger partial charge >= 0.3 is 0 Å². The molecule has 0 aliphatic carbocycles. The summed E-state index contributed by atoms with van der Waals surface area (Å²) in [5.74, 6) is 0. The van der Waals surface area contributed by atoms with Gasteiger partial charge in [-0.2, -0.15) is 0 Å². The highest BCUT2D eigenvalue weighted by atomic mass is 32.2. The van der Waals surface area contributed by atoms with E-state index >= 15 is 0 Å². The Kier molecular flexibility index (Phi) is 5.22. The van der Waals surface area contributed by atoms with Crippen molar-refractivity contribution >= 4 is 26.5 Å². The number of aromatic nitrogens is 1. The Labute approximate surface area is 147 Å². The van der Waals surface area contributed by atoms with Gasteiger partial charge in [-0.05, 0) is 38.3 Å². The van der Waals surface area contributed by atoms with E-state index in [4.69, 9.17) is 0 Å². The average molecular weight is 366 g/mol. The maximum atomic E-state index is 12.4. The Morgan fingerprint density at radius 2 is 2.00 bits per heavy atom. The number of nitrogens with one attached hydrogen (secondary N) is 1. The maximum Gasteiger partial charge on any atom is 0.240 e. The molecule has 2 aromatic rings. The van der Waals surface area contributed by atoms with Crippen LogP contribution in [0.25, 0.3) is 0 Å². The first-order valence-electron chi connectivity index (χ1n) is 8.22. The highest BCUT2D eigenvalue weighted by Gasteiger charge is 2.18. The number of rotatable bonds is 6. The van der Waals surface area contributed by atoms with Crippen molar-refractivity contribution in [3.63, 3.8) is 0 Å². The quantitative estimate of drug-likeness (QED) is 0.855. The first-order valence-corrected chi connectivity index (χ1v) is 10.6. The van der Waals surface area contributed by atoms with Crippen molar-refractivity contribution in [2.75, 3.05) is 24.5 Å². The molecule has 0 bridgehead atoms. The Morgan fingerprint density at radius 1 is 1.25 bits per heavy atom. The molecule has 0 unspecified atom stereocenters. The average Bonchev–Trinajstić information content (AvgIpc) is 3.17. The second kappa shape index (κ2) is 7.21. The fourth-order valence-corrected chi connectivity index (χ4v) is 5.13. The molecule has 0 amide bonds. The minimum absolute atomic E-state index is 0.351. The van der Waals surface area contributed by atoms with Gasteiger partial charge in [0.25, 0.3) is 0 Å². The molecular formula is C17H23N3O2S2. The van der Waals surface area contributed by atoms with Crippen molar-refractivity contribution in [2.24, 2.45) is 0 Å². The number of hydrogen-bond acceptors (Lipinski definition) is 5. The molecule has 1 saturated heterocycles. The van der Waals surface area contributed by atoms with E-state index in [0.717, 1.165) is 35.0 Å². The van der Waals surface area contributed by atoms with Gasteiger partial charge in [-0.15, -0.1) is 11.3 Å². The second-order valence-corrected chi connectivity index (χ2v) is 8.80. The number of anilines is 1. The lowest BCUT2D eigenvalue weighted by atomic mass is 10.2. The fourth-order valence-electron chi connectivity index (χ4n) is 2.96. The largest absolute Gasteiger partial charge is 0.348 e. The molecule has 0 atom stereocenters. The Morgan fingerprint density at radius 3 is 2.71 bits per heavy atom. The molecule has 5 nitrogen and oxygen atoms in total. The molecule has 24 heavy (non-hydrogen) atoms. The zero-order valence-electron chi connectivity index (χ0n) is 14.1. The van der Waals surface area contributed by atoms with Crippen molar-refractivity contribution < 1.29 is 8.42 Å². The fraction of sp³-hybridized carbons (Fsp3) is 0.471. The van der Waals surface area contributed by atoms with Crippen molar-refractivity contribution in [2.45, 2.75) is 38.0 Å². The normalized spacial score (nSPS) is 15.2. The third-order valence-electron chi connectivity index (χ3n) is 4.21. The Bertz CT molecular complexity index is 809. The van der Waals surface area contributed by atoms with Crippen LogP contribution in [0, 0.1) is 13.8 Å². The molecule has 1 N–H and O–H groups in total. The minimum Gasteiger partial charge on any atom is -0.348 e. The van der Waals surface area contributed by atoms with Crippen LogP contribution in [0.4, 0.5) is 5.13 Å². The molecule has 0 spiro atoms. The van der Waals surface area contributed by atoms with Gasteiger partial charge in [0.15, 0.2) is 5.13 Å². The van der Waals surface area contributed by atoms with E-state index in [1.807, 2.05) is 31.4 Å². The molecule has 0 saturated carbocycles. The molecular weight excluding hydrogens is 342 g/mol. The topological polar surface area (TPSA) is 62.3 Å². The van der Waals surface area contributed by atoms with Crippen LogP contribution in [0.15, 0.2) is 28.5 Å². The third kappa shape index (κ3) is 3.96. The summed E-state index contributed by atoms with van der Waals surface area (Å²) in [4.78, 5) is 7.27. The summed E-state index contributed by atoms with van der Waals surface area (Å²) in [5, 5.41) is 3.08. The van der Waals surface area contributed by atoms with Gasteiger partial charge in [0.1, 0.15) is 0 Å². The Hall–Kier alpha value is -1.44. The summed E-state index contributed by atoms with van der Waals surface area (Å²) in [6.45, 7) is 6.29. The zero-order valence-corrected chi connectivity index (χ0v) is 15.7. The van der Waals surface area contributed by atoms with Gasteiger partial charge in [-0.1, -0.05) is 17.7 Å². The van der Waals surface area contributed by atoms with E-state index in [1.165, 1.54) is 12.8 Å². The summed E-state index contributed by atoms with van der Waals surface area (Å²) in [6.07, 6.45) is 3.06. The first kappa shape index (κ1) is 17.4. The third-order valence-corrected chi connectivity index (χ3v) is 6.78. The maximum absolute atomic E-state index is 12.4. The summed E-state index contributed by atoms with van der Waals surface area (Å²) in [5.41, 5.74) is 2.78. The van der Waals surface area contributed by atoms with Crippen LogP contribution >= 0.6 is 11.3 Å². The highest BCUT2D eigenvalue weighted by Crippen LogP contribution is 2.24. The lowest BCUT2D eigenvalue weighted by Gasteiger charge is -2.12. The molecule has 1 aliphatic rings. The van der Waals surface area contributed by atoms with Crippen LogP contribution in [0.5, 0.6) is 0 Å². The van der Waals surface area contributed by atoms with Crippen molar-refractivity contribution in [3.8, 4) is 0 Å². The summed E-state index contributed by atoms with van der Waals surface area (Å²) in [7, 11) is -3.47. The SMILES string of the molecule is Cc1ccc(S(=O)(=O)NCCc2csc(N3CCCC3)n2)c(C)c1. The van der Waals surface area contributed by atoms with E-state index in [9.17, 15) is 8.42 Å². The van der Waals surface area contributed by atoms with Gasteiger partial charge in [0.2, 0.25) is 10.0 Å². The number of aryl methyl sites for hydroxylation is 2. The summed E-state index contributed by atoms with van der Waals surface area (Å²) < 4.78 is 27.5. The van der Waals surface area contributed by atoms with Gasteiger partial charge in [0.05, 0.1) is 10.6 Å². The molecule has 1 aromatic heterocycles. The van der Waals surface area contributed by atoms with Crippen molar-refractivity contribution in [1.82, 2.24) is 9.71 Å². The van der Waals surface area contributed by atoms with Crippen LogP contribution in [0.2, 0.25) is 0 Å². The molecule has 1 fully saturated rings. The lowest BCUT2D eigenvalue weighted by Crippen LogP contribution is -2.26. The van der Waals surface area contributed by atoms with Crippen LogP contribution in [0.3, 0.4) is 0 Å². The van der Waals surface area contributed by atoms with Crippen LogP contribution in [-0.2, 0) is 16.4 Å². The van der Waals surface area contributed by atoms with Gasteiger partial charge < -0.3 is 4.90 Å². The van der Waals surface area contributed by atoms with Crippen LogP contribution in [0.1, 0.15) is 29.7 Å². The summed E-state index contributed by atoms with van der Waals surface area (Å²) >= 11 is 1.64. The predicted molar refractivity (Wildman–Crippen MR) is 98.4 cm³/mol. The molecule has 130 valence electrons. The van der Waals surface area contributed by atoms with Gasteiger partial charge in [0, 0.05) is 31.4 Å². The predicted octanol–water partition coefficient (Wildman–Crippen LogP) is 2.88. The number of benzene rings is 1. The first-order chi connectivity index (χ1) is 11.5. The monoisotopic (exact) mass is 365 g/mol. The van der Waals surface area contributed by atoms with E-state index in [-0.39, 0.29) is 0 Å². The number of sulfonamides is 1. The zero-order chi connectivity index (χ0) is 17.2. The summed E-state index contributed by atoms with van der Waals surface area (Å²) in [6, 6.07) is 5.38.